The molecule has 0 spiro atoms. The van der Waals surface area contributed by atoms with Crippen LogP contribution in [0, 0.1) is 0 Å². The number of nitrogens with zero attached hydrogens (tertiary/aromatic N) is 2. The second kappa shape index (κ2) is 11.9. The first-order valence-electron chi connectivity index (χ1n) is 7.49. The van der Waals surface area contributed by atoms with Gasteiger partial charge in [0.1, 0.15) is 12.4 Å². The second-order valence-electron chi connectivity index (χ2n) is 5.19. The van der Waals surface area contributed by atoms with E-state index in [9.17, 15) is 4.79 Å². The van der Waals surface area contributed by atoms with E-state index in [2.05, 4.69) is 11.5 Å². The van der Waals surface area contributed by atoms with Crippen LogP contribution in [0.15, 0.2) is 18.7 Å². The molecule has 1 N–H and O–H groups in total. The predicted molar refractivity (Wildman–Crippen MR) is 74.9 cm³/mol. The van der Waals surface area contributed by atoms with Gasteiger partial charge in [0.2, 0.25) is 6.33 Å². The predicted octanol–water partition coefficient (Wildman–Crippen LogP) is 0.00490. The fourth-order valence-corrected chi connectivity index (χ4v) is 2.25. The molecule has 1 rings (SSSR count). The number of carbonyl (C=O) groups is 1. The van der Waals surface area contributed by atoms with Crippen LogP contribution in [0.3, 0.4) is 0 Å². The lowest BCUT2D eigenvalue weighted by Crippen LogP contribution is -3.00. The molecule has 4 nitrogen and oxygen atoms in total. The van der Waals surface area contributed by atoms with Crippen molar-refractivity contribution in [1.29, 1.82) is 0 Å². The van der Waals surface area contributed by atoms with Crippen molar-refractivity contribution < 1.29 is 31.4 Å². The molecule has 0 aliphatic rings. The number of aryl methyl sites for hydroxylation is 1. The third-order valence-electron chi connectivity index (χ3n) is 3.33. The van der Waals surface area contributed by atoms with E-state index in [1.54, 1.807) is 4.57 Å². The van der Waals surface area contributed by atoms with Crippen LogP contribution >= 0.6 is 0 Å². The summed E-state index contributed by atoms with van der Waals surface area (Å²) < 4.78 is 3.77. The average molecular weight is 347 g/mol. The molecule has 0 bridgehead atoms. The maximum atomic E-state index is 10.6. The van der Waals surface area contributed by atoms with Gasteiger partial charge in [-0.1, -0.05) is 45.4 Å². The molecule has 20 heavy (non-hydrogen) atoms. The second-order valence-corrected chi connectivity index (χ2v) is 5.19. The molecule has 0 amide bonds. The van der Waals surface area contributed by atoms with Crippen molar-refractivity contribution in [2.24, 2.45) is 0 Å². The summed E-state index contributed by atoms with van der Waals surface area (Å²) in [5.41, 5.74) is 0. The van der Waals surface area contributed by atoms with E-state index in [0.29, 0.717) is 0 Å². The van der Waals surface area contributed by atoms with Crippen LogP contribution in [0.4, 0.5) is 0 Å². The molecule has 5 heteroatoms. The van der Waals surface area contributed by atoms with Crippen LogP contribution in [0.2, 0.25) is 0 Å². The Hall–Kier alpha value is -0.840. The lowest BCUT2D eigenvalue weighted by molar-refractivity contribution is -0.685. The summed E-state index contributed by atoms with van der Waals surface area (Å²) in [6.45, 7) is 3.28. The molecule has 0 atom stereocenters. The lowest BCUT2D eigenvalue weighted by atomic mass is 10.1. The Labute approximate surface area is 132 Å². The Bertz CT molecular complexity index is 367. The highest BCUT2D eigenvalue weighted by atomic mass is 79.9. The molecule has 0 unspecified atom stereocenters. The smallest absolute Gasteiger partial charge is 0.346 e. The van der Waals surface area contributed by atoms with Crippen LogP contribution in [0.5, 0.6) is 0 Å². The highest BCUT2D eigenvalue weighted by Gasteiger charge is 2.06. The number of aromatic nitrogens is 2. The van der Waals surface area contributed by atoms with E-state index in [1.165, 1.54) is 51.4 Å². The molecule has 1 aromatic heterocycles. The van der Waals surface area contributed by atoms with E-state index in [-0.39, 0.29) is 23.5 Å². The largest absolute Gasteiger partial charge is 1.00 e. The Morgan fingerprint density at radius 3 is 2.30 bits per heavy atom. The van der Waals surface area contributed by atoms with Crippen LogP contribution in [0.25, 0.3) is 0 Å². The van der Waals surface area contributed by atoms with E-state index in [4.69, 9.17) is 5.11 Å². The first-order chi connectivity index (χ1) is 9.22. The van der Waals surface area contributed by atoms with E-state index in [0.717, 1.165) is 6.54 Å². The van der Waals surface area contributed by atoms with Gasteiger partial charge in [-0.25, -0.2) is 13.9 Å². The van der Waals surface area contributed by atoms with E-state index < -0.39 is 5.97 Å². The first kappa shape index (κ1) is 19.2. The minimum absolute atomic E-state index is 0. The van der Waals surface area contributed by atoms with Gasteiger partial charge in [-0.2, -0.15) is 0 Å². The maximum Gasteiger partial charge on any atom is 0.346 e. The van der Waals surface area contributed by atoms with Crippen LogP contribution in [0.1, 0.15) is 58.3 Å². The SMILES string of the molecule is CCCCCCCCCCn1cc[n+](CC(=O)O)c1.[Br-]. The van der Waals surface area contributed by atoms with Gasteiger partial charge in [-0.15, -0.1) is 0 Å². The third kappa shape index (κ3) is 9.13. The first-order valence-corrected chi connectivity index (χ1v) is 7.49. The van der Waals surface area contributed by atoms with Crippen molar-refractivity contribution in [3.8, 4) is 0 Å². The maximum absolute atomic E-state index is 10.6. The summed E-state index contributed by atoms with van der Waals surface area (Å²) in [6.07, 6.45) is 16.2. The van der Waals surface area contributed by atoms with Crippen molar-refractivity contribution in [2.45, 2.75) is 71.4 Å². The van der Waals surface area contributed by atoms with Crippen molar-refractivity contribution in [3.05, 3.63) is 18.7 Å². The number of halogens is 1. The zero-order valence-electron chi connectivity index (χ0n) is 12.4. The van der Waals surface area contributed by atoms with Gasteiger partial charge in [0.15, 0.2) is 6.54 Å². The highest BCUT2D eigenvalue weighted by Crippen LogP contribution is 2.08. The summed E-state index contributed by atoms with van der Waals surface area (Å²) in [5, 5.41) is 8.68. The van der Waals surface area contributed by atoms with Gasteiger partial charge in [0, 0.05) is 0 Å². The number of unbranched alkanes of at least 4 members (excludes halogenated alkanes) is 7. The Kier molecular flexibility index (Phi) is 11.4. The van der Waals surface area contributed by atoms with Gasteiger partial charge >= 0.3 is 5.97 Å². The molecule has 0 fully saturated rings. The third-order valence-corrected chi connectivity index (χ3v) is 3.33. The number of imidazole rings is 1. The highest BCUT2D eigenvalue weighted by molar-refractivity contribution is 5.64. The normalized spacial score (nSPS) is 10.2. The van der Waals surface area contributed by atoms with Gasteiger partial charge in [0.05, 0.1) is 6.54 Å². The molecule has 0 radical (unpaired) electrons. The quantitative estimate of drug-likeness (QED) is 0.453. The Balaban J connectivity index is 0.00000361. The molecule has 0 saturated heterocycles. The number of aliphatic carboxylic acids is 1. The minimum atomic E-state index is -0.796. The van der Waals surface area contributed by atoms with Gasteiger partial charge in [-0.3, -0.25) is 0 Å². The fourth-order valence-electron chi connectivity index (χ4n) is 2.25. The van der Waals surface area contributed by atoms with Crippen LogP contribution < -0.4 is 21.5 Å². The van der Waals surface area contributed by atoms with Crippen molar-refractivity contribution in [3.63, 3.8) is 0 Å². The zero-order valence-corrected chi connectivity index (χ0v) is 14.0. The Morgan fingerprint density at radius 2 is 1.70 bits per heavy atom. The van der Waals surface area contributed by atoms with Crippen LogP contribution in [-0.4, -0.2) is 15.6 Å². The average Bonchev–Trinajstić information content (AvgIpc) is 2.79. The summed E-state index contributed by atoms with van der Waals surface area (Å²) >= 11 is 0. The molecule has 0 aromatic carbocycles. The zero-order chi connectivity index (χ0) is 13.9. The molecule has 116 valence electrons. The number of hydrogen-bond donors (Lipinski definition) is 1. The van der Waals surface area contributed by atoms with Crippen molar-refractivity contribution in [2.75, 3.05) is 0 Å². The summed E-state index contributed by atoms with van der Waals surface area (Å²) in [6, 6.07) is 0. The topological polar surface area (TPSA) is 46.1 Å². The number of rotatable bonds is 11. The number of carboxylic acids is 1. The number of carboxylic acid groups (broad SMARTS) is 1. The summed E-state index contributed by atoms with van der Waals surface area (Å²) in [4.78, 5) is 10.6. The van der Waals surface area contributed by atoms with E-state index in [1.807, 2.05) is 18.7 Å². The van der Waals surface area contributed by atoms with Gasteiger partial charge in [0.25, 0.3) is 0 Å². The van der Waals surface area contributed by atoms with Gasteiger partial charge < -0.3 is 22.1 Å². The van der Waals surface area contributed by atoms with Crippen molar-refractivity contribution in [1.82, 2.24) is 4.57 Å². The Morgan fingerprint density at radius 1 is 1.10 bits per heavy atom. The molecular weight excluding hydrogens is 320 g/mol. The number of hydrogen-bond acceptors (Lipinski definition) is 1. The molecule has 0 aliphatic heterocycles. The molecular formula is C15H27BrN2O2. The van der Waals surface area contributed by atoms with E-state index >= 15 is 0 Å². The molecule has 1 aromatic rings. The minimum Gasteiger partial charge on any atom is -1.00 e. The fraction of sp³-hybridized carbons (Fsp3) is 0.733. The summed E-state index contributed by atoms with van der Waals surface area (Å²) in [7, 11) is 0. The monoisotopic (exact) mass is 346 g/mol. The van der Waals surface area contributed by atoms with Crippen molar-refractivity contribution >= 4 is 5.97 Å². The van der Waals surface area contributed by atoms with Gasteiger partial charge in [-0.05, 0) is 12.8 Å². The summed E-state index contributed by atoms with van der Waals surface area (Å²) in [5.74, 6) is -0.796. The molecule has 1 heterocycles. The molecule has 0 aliphatic carbocycles. The standard InChI is InChI=1S/C15H26N2O2.BrH/c1-2-3-4-5-6-7-8-9-10-16-11-12-17(14-16)13-15(18)19;/h11-12,14H,2-10,13H2,1H3;1H. The molecule has 0 saturated carbocycles. The van der Waals surface area contributed by atoms with Crippen LogP contribution in [-0.2, 0) is 17.9 Å². The lowest BCUT2D eigenvalue weighted by Gasteiger charge is -2.00.